The first-order valence-electron chi connectivity index (χ1n) is 26.3. The molecule has 1 spiro atoms. The Morgan fingerprint density at radius 1 is 0.314 bits per heavy atom. The van der Waals surface area contributed by atoms with Crippen LogP contribution in [-0.2, 0) is 5.41 Å². The summed E-state index contributed by atoms with van der Waals surface area (Å²) in [5.74, 6) is 0. The van der Waals surface area contributed by atoms with Crippen molar-refractivity contribution in [3.63, 3.8) is 0 Å². The fraction of sp³-hybridized carbons (Fsp3) is 0.0149. The van der Waals surface area contributed by atoms with E-state index in [-0.39, 0.29) is 29.7 Å². The number of benzene rings is 11. The van der Waals surface area contributed by atoms with Crippen molar-refractivity contribution < 1.29 is 6.85 Å². The minimum Gasteiger partial charge on any atom is -0.310 e. The second kappa shape index (κ2) is 16.0. The number of fused-ring (bicyclic) bond motifs is 13. The molecular weight excluding hydrogens is 847 g/mol. The minimum atomic E-state index is -0.688. The molecule has 1 atom stereocenters. The zero-order valence-corrected chi connectivity index (χ0v) is 37.9. The predicted molar refractivity (Wildman–Crippen MR) is 292 cm³/mol. The Morgan fingerprint density at radius 3 is 1.37 bits per heavy atom. The average Bonchev–Trinajstić information content (AvgIpc) is 4.13. The first-order valence-corrected chi connectivity index (χ1v) is 23.8. The summed E-state index contributed by atoms with van der Waals surface area (Å²) in [6.07, 6.45) is 0. The molecule has 70 heavy (non-hydrogen) atoms. The fourth-order valence-corrected chi connectivity index (χ4v) is 11.6. The smallest absolute Gasteiger partial charge is 0.0727 e. The first-order chi connectivity index (χ1) is 36.8. The van der Waals surface area contributed by atoms with Gasteiger partial charge >= 0.3 is 0 Å². The maximum absolute atomic E-state index is 8.83. The van der Waals surface area contributed by atoms with Gasteiger partial charge in [-0.25, -0.2) is 0 Å². The molecule has 1 unspecified atom stereocenters. The summed E-state index contributed by atoms with van der Waals surface area (Å²) in [4.78, 5) is 4.64. The lowest BCUT2D eigenvalue weighted by molar-refractivity contribution is 0.793. The van der Waals surface area contributed by atoms with Crippen molar-refractivity contribution >= 4 is 55.9 Å². The normalized spacial score (nSPS) is 15.1. The number of anilines is 6. The molecule has 11 aromatic carbocycles. The summed E-state index contributed by atoms with van der Waals surface area (Å²) in [5, 5.41) is 2.23. The third kappa shape index (κ3) is 6.01. The van der Waals surface area contributed by atoms with Crippen LogP contribution in [0.4, 0.5) is 34.1 Å². The van der Waals surface area contributed by atoms with Crippen LogP contribution in [-0.4, -0.2) is 4.57 Å². The summed E-state index contributed by atoms with van der Waals surface area (Å²) in [6, 6.07) is 84.7. The van der Waals surface area contributed by atoms with E-state index in [1.165, 1.54) is 44.5 Å². The Bertz CT molecular complexity index is 4170. The summed E-state index contributed by atoms with van der Waals surface area (Å²) in [5.41, 5.74) is 18.8. The molecule has 0 radical (unpaired) electrons. The first kappa shape index (κ1) is 35.0. The second-order valence-electron chi connectivity index (χ2n) is 18.1. The van der Waals surface area contributed by atoms with Crippen LogP contribution >= 0.6 is 0 Å². The van der Waals surface area contributed by atoms with Gasteiger partial charge in [-0.15, -0.1) is 0 Å². The Labute approximate surface area is 415 Å². The van der Waals surface area contributed by atoms with E-state index in [4.69, 9.17) is 6.85 Å². The van der Waals surface area contributed by atoms with Crippen LogP contribution in [0.5, 0.6) is 0 Å². The van der Waals surface area contributed by atoms with Gasteiger partial charge in [-0.3, -0.25) is 0 Å². The summed E-state index contributed by atoms with van der Waals surface area (Å²) in [6.45, 7) is 0. The molecule has 1 aromatic heterocycles. The van der Waals surface area contributed by atoms with E-state index >= 15 is 0 Å². The Balaban J connectivity index is 1.01. The maximum atomic E-state index is 8.83. The predicted octanol–water partition coefficient (Wildman–Crippen LogP) is 17.7. The summed E-state index contributed by atoms with van der Waals surface area (Å²) >= 11 is 0. The Hall–Kier alpha value is -9.18. The van der Waals surface area contributed by atoms with Crippen molar-refractivity contribution in [1.82, 2.24) is 4.57 Å². The molecule has 2 aliphatic carbocycles. The van der Waals surface area contributed by atoms with Gasteiger partial charge in [0, 0.05) is 50.6 Å². The zero-order valence-electron chi connectivity index (χ0n) is 42.9. The van der Waals surface area contributed by atoms with Crippen molar-refractivity contribution in [1.29, 1.82) is 0 Å². The molecule has 0 saturated heterocycles. The number of nitrogens with zero attached hydrogens (tertiary/aromatic N) is 3. The van der Waals surface area contributed by atoms with Crippen LogP contribution in [0.3, 0.4) is 0 Å². The van der Waals surface area contributed by atoms with Crippen LogP contribution in [0.2, 0.25) is 0 Å². The third-order valence-corrected chi connectivity index (χ3v) is 14.4. The van der Waals surface area contributed by atoms with Crippen LogP contribution in [0.1, 0.15) is 29.1 Å². The van der Waals surface area contributed by atoms with Gasteiger partial charge < -0.3 is 14.4 Å². The second-order valence-corrected chi connectivity index (χ2v) is 18.1. The molecule has 3 nitrogen and oxygen atoms in total. The third-order valence-electron chi connectivity index (χ3n) is 14.4. The molecule has 14 rings (SSSR count). The number of aromatic nitrogens is 1. The SMILES string of the molecule is [2H]c1c([2H])c([2H])c(-c2ccc(N(c3ccc4c(c3)C3(c5ccccc5-c5ccc(N(c6ccccc6)c6ccccc6)cc53)c3ccccc3-4)c3ccc4c(c3)c3ccccc3n4-c3ccccc3)cc2)c([2H])c1[2H]. The van der Waals surface area contributed by atoms with Gasteiger partial charge in [-0.1, -0.05) is 176 Å². The van der Waals surface area contributed by atoms with Gasteiger partial charge in [0.25, 0.3) is 0 Å². The highest BCUT2D eigenvalue weighted by Gasteiger charge is 2.52. The van der Waals surface area contributed by atoms with Crippen LogP contribution in [0.25, 0.3) is 60.9 Å². The summed E-state index contributed by atoms with van der Waals surface area (Å²) in [7, 11) is 0. The van der Waals surface area contributed by atoms with E-state index in [9.17, 15) is 0 Å². The van der Waals surface area contributed by atoms with Crippen LogP contribution in [0, 0.1) is 0 Å². The van der Waals surface area contributed by atoms with Crippen molar-refractivity contribution in [2.24, 2.45) is 0 Å². The molecule has 328 valence electrons. The van der Waals surface area contributed by atoms with Gasteiger partial charge in [-0.05, 0) is 153 Å². The van der Waals surface area contributed by atoms with Crippen molar-refractivity contribution in [2.75, 3.05) is 9.80 Å². The van der Waals surface area contributed by atoms with E-state index in [1.54, 1.807) is 0 Å². The number of hydrogen-bond donors (Lipinski definition) is 0. The Kier molecular flexibility index (Phi) is 8.00. The molecule has 2 aliphatic rings. The molecule has 0 aliphatic heterocycles. The monoisotopic (exact) mass is 896 g/mol. The zero-order chi connectivity index (χ0) is 50.5. The maximum Gasteiger partial charge on any atom is 0.0727 e. The van der Waals surface area contributed by atoms with E-state index in [2.05, 4.69) is 227 Å². The topological polar surface area (TPSA) is 11.4 Å². The lowest BCUT2D eigenvalue weighted by Gasteiger charge is -2.33. The molecule has 0 fully saturated rings. The molecular formula is C67H45N3. The molecule has 0 N–H and O–H groups in total. The standard InChI is InChI=1S/C67H45N3/c1-5-19-46(20-6-1)47-33-35-51(36-34-47)69(52-39-42-66-60(43-52)59-29-15-18-32-65(59)70(66)50-25-11-4-12-26-50)54-38-41-58-56-28-14-17-31-62(56)67(64(58)45-54)61-30-16-13-27-55(61)57-40-37-53(44-63(57)67)68(48-21-7-2-8-22-48)49-23-9-3-10-24-49/h1-45H/i1D,5D,6D,19D,20D. The molecule has 0 saturated carbocycles. The molecule has 0 amide bonds. The van der Waals surface area contributed by atoms with E-state index in [0.29, 0.717) is 5.56 Å². The highest BCUT2D eigenvalue weighted by Crippen LogP contribution is 2.64. The van der Waals surface area contributed by atoms with E-state index in [1.807, 2.05) is 30.3 Å². The Morgan fingerprint density at radius 2 is 0.757 bits per heavy atom. The number of hydrogen-bond acceptors (Lipinski definition) is 2. The minimum absolute atomic E-state index is 0.169. The molecule has 12 aromatic rings. The van der Waals surface area contributed by atoms with Gasteiger partial charge in [0.1, 0.15) is 0 Å². The van der Waals surface area contributed by atoms with Gasteiger partial charge in [-0.2, -0.15) is 0 Å². The van der Waals surface area contributed by atoms with Gasteiger partial charge in [0.05, 0.1) is 23.3 Å². The molecule has 1 heterocycles. The highest BCUT2D eigenvalue weighted by atomic mass is 15.1. The van der Waals surface area contributed by atoms with Crippen molar-refractivity contribution in [2.45, 2.75) is 5.41 Å². The molecule has 3 heteroatoms. The largest absolute Gasteiger partial charge is 0.310 e. The van der Waals surface area contributed by atoms with Gasteiger partial charge in [0.2, 0.25) is 0 Å². The van der Waals surface area contributed by atoms with Crippen molar-refractivity contribution in [3.05, 3.63) is 295 Å². The fourth-order valence-electron chi connectivity index (χ4n) is 11.6. The summed E-state index contributed by atoms with van der Waals surface area (Å²) < 4.78 is 45.2. The van der Waals surface area contributed by atoms with Gasteiger partial charge in [0.15, 0.2) is 0 Å². The lowest BCUT2D eigenvalue weighted by Crippen LogP contribution is -2.26. The molecule has 0 bridgehead atoms. The van der Waals surface area contributed by atoms with E-state index < -0.39 is 11.5 Å². The van der Waals surface area contributed by atoms with Crippen molar-refractivity contribution in [3.8, 4) is 39.1 Å². The quantitative estimate of drug-likeness (QED) is 0.151. The van der Waals surface area contributed by atoms with E-state index in [0.717, 1.165) is 61.6 Å². The number of para-hydroxylation sites is 4. The average molecular weight is 897 g/mol. The van der Waals surface area contributed by atoms with Crippen LogP contribution < -0.4 is 9.80 Å². The lowest BCUT2D eigenvalue weighted by atomic mass is 9.70. The number of rotatable bonds is 8. The van der Waals surface area contributed by atoms with Crippen LogP contribution in [0.15, 0.2) is 273 Å². The highest BCUT2D eigenvalue weighted by molar-refractivity contribution is 6.11.